The number of hydrogen-bond acceptors (Lipinski definition) is 2. The summed E-state index contributed by atoms with van der Waals surface area (Å²) in [5.74, 6) is -0.711. The van der Waals surface area contributed by atoms with Crippen molar-refractivity contribution >= 4 is 11.8 Å². The van der Waals surface area contributed by atoms with Crippen LogP contribution in [0.15, 0.2) is 11.6 Å². The van der Waals surface area contributed by atoms with Gasteiger partial charge in [0.1, 0.15) is 0 Å². The van der Waals surface area contributed by atoms with Gasteiger partial charge in [0.25, 0.3) is 0 Å². The van der Waals surface area contributed by atoms with Gasteiger partial charge in [-0.15, -0.1) is 0 Å². The molecule has 0 fully saturated rings. The molecule has 0 aromatic heterocycles. The zero-order valence-corrected chi connectivity index (χ0v) is 8.83. The summed E-state index contributed by atoms with van der Waals surface area (Å²) in [6.45, 7) is 5.75. The molecule has 0 saturated carbocycles. The average Bonchev–Trinajstić information content (AvgIpc) is 1.95. The second-order valence-corrected chi connectivity index (χ2v) is 4.67. The van der Waals surface area contributed by atoms with Crippen molar-refractivity contribution in [2.45, 2.75) is 33.6 Å². The van der Waals surface area contributed by atoms with E-state index in [1.54, 1.807) is 6.08 Å². The number of rotatable bonds is 2. The van der Waals surface area contributed by atoms with E-state index in [-0.39, 0.29) is 23.5 Å². The van der Waals surface area contributed by atoms with Gasteiger partial charge in [0.15, 0.2) is 5.78 Å². The van der Waals surface area contributed by atoms with Crippen LogP contribution in [0.3, 0.4) is 0 Å². The quantitative estimate of drug-likeness (QED) is 0.735. The van der Waals surface area contributed by atoms with Crippen LogP contribution in [0.4, 0.5) is 0 Å². The second kappa shape index (κ2) is 3.56. The maximum absolute atomic E-state index is 11.3. The molecule has 0 saturated heterocycles. The Hall–Kier alpha value is -1.12. The molecule has 0 amide bonds. The average molecular weight is 196 g/mol. The van der Waals surface area contributed by atoms with Crippen LogP contribution < -0.4 is 0 Å². The molecule has 3 nitrogen and oxygen atoms in total. The van der Waals surface area contributed by atoms with E-state index >= 15 is 0 Å². The SMILES string of the molecule is CC1=CC(=O)CC(C)(C)C1CC(=O)O. The highest BCUT2D eigenvalue weighted by Crippen LogP contribution is 2.41. The van der Waals surface area contributed by atoms with E-state index in [0.717, 1.165) is 5.57 Å². The number of hydrogen-bond donors (Lipinski definition) is 1. The summed E-state index contributed by atoms with van der Waals surface area (Å²) in [7, 11) is 0. The molecule has 14 heavy (non-hydrogen) atoms. The third-order valence-electron chi connectivity index (χ3n) is 2.89. The largest absolute Gasteiger partial charge is 0.481 e. The zero-order valence-electron chi connectivity index (χ0n) is 8.83. The van der Waals surface area contributed by atoms with Gasteiger partial charge < -0.3 is 5.11 Å². The Labute approximate surface area is 83.8 Å². The fourth-order valence-electron chi connectivity index (χ4n) is 2.21. The Morgan fingerprint density at radius 2 is 2.21 bits per heavy atom. The molecule has 0 bridgehead atoms. The molecule has 3 heteroatoms. The highest BCUT2D eigenvalue weighted by molar-refractivity contribution is 5.92. The van der Waals surface area contributed by atoms with E-state index in [9.17, 15) is 9.59 Å². The summed E-state index contributed by atoms with van der Waals surface area (Å²) >= 11 is 0. The fraction of sp³-hybridized carbons (Fsp3) is 0.636. The van der Waals surface area contributed by atoms with Gasteiger partial charge in [-0.3, -0.25) is 9.59 Å². The molecule has 0 aromatic carbocycles. The molecule has 1 aliphatic rings. The first-order valence-electron chi connectivity index (χ1n) is 4.76. The molecular formula is C11H16O3. The van der Waals surface area contributed by atoms with Gasteiger partial charge in [-0.05, 0) is 24.3 Å². The molecule has 0 spiro atoms. The minimum atomic E-state index is -0.801. The molecule has 0 radical (unpaired) electrons. The van der Waals surface area contributed by atoms with E-state index in [4.69, 9.17) is 5.11 Å². The van der Waals surface area contributed by atoms with Crippen molar-refractivity contribution in [3.8, 4) is 0 Å². The van der Waals surface area contributed by atoms with Crippen LogP contribution in [0, 0.1) is 11.3 Å². The van der Waals surface area contributed by atoms with E-state index in [0.29, 0.717) is 6.42 Å². The van der Waals surface area contributed by atoms with E-state index in [1.807, 2.05) is 20.8 Å². The van der Waals surface area contributed by atoms with E-state index in [1.165, 1.54) is 0 Å². The number of allylic oxidation sites excluding steroid dienone is 2. The molecule has 1 atom stereocenters. The Balaban J connectivity index is 2.94. The molecule has 1 rings (SSSR count). The first-order valence-corrected chi connectivity index (χ1v) is 4.76. The van der Waals surface area contributed by atoms with Gasteiger partial charge in [-0.1, -0.05) is 19.4 Å². The van der Waals surface area contributed by atoms with Crippen LogP contribution >= 0.6 is 0 Å². The van der Waals surface area contributed by atoms with Gasteiger partial charge >= 0.3 is 5.97 Å². The van der Waals surface area contributed by atoms with Crippen LogP contribution in [0.2, 0.25) is 0 Å². The standard InChI is InChI=1S/C11H16O3/c1-7-4-8(12)6-11(2,3)9(7)5-10(13)14/h4,9H,5-6H2,1-3H3,(H,13,14). The van der Waals surface area contributed by atoms with Crippen LogP contribution in [0.1, 0.15) is 33.6 Å². The summed E-state index contributed by atoms with van der Waals surface area (Å²) in [5, 5.41) is 8.77. The molecule has 78 valence electrons. The van der Waals surface area contributed by atoms with Crippen molar-refractivity contribution in [1.82, 2.24) is 0 Å². The molecule has 0 heterocycles. The number of aliphatic carboxylic acids is 1. The van der Waals surface area contributed by atoms with E-state index in [2.05, 4.69) is 0 Å². The third kappa shape index (κ3) is 2.22. The van der Waals surface area contributed by atoms with Gasteiger partial charge in [-0.25, -0.2) is 0 Å². The van der Waals surface area contributed by atoms with Crippen molar-refractivity contribution in [3.63, 3.8) is 0 Å². The molecule has 0 aliphatic heterocycles. The lowest BCUT2D eigenvalue weighted by atomic mass is 9.67. The predicted octanol–water partition coefficient (Wildman–Crippen LogP) is 2.02. The second-order valence-electron chi connectivity index (χ2n) is 4.67. The minimum Gasteiger partial charge on any atom is -0.481 e. The van der Waals surface area contributed by atoms with Crippen molar-refractivity contribution in [2.24, 2.45) is 11.3 Å². The van der Waals surface area contributed by atoms with Crippen LogP contribution in [-0.2, 0) is 9.59 Å². The van der Waals surface area contributed by atoms with Gasteiger partial charge in [0, 0.05) is 6.42 Å². The van der Waals surface area contributed by atoms with Gasteiger partial charge in [0.05, 0.1) is 6.42 Å². The number of carbonyl (C=O) groups excluding carboxylic acids is 1. The summed E-state index contributed by atoms with van der Waals surface area (Å²) in [5.41, 5.74) is 0.669. The van der Waals surface area contributed by atoms with E-state index < -0.39 is 5.97 Å². The lowest BCUT2D eigenvalue weighted by Crippen LogP contribution is -2.33. The van der Waals surface area contributed by atoms with Gasteiger partial charge in [0.2, 0.25) is 0 Å². The minimum absolute atomic E-state index is 0.0160. The monoisotopic (exact) mass is 196 g/mol. The lowest BCUT2D eigenvalue weighted by molar-refractivity contribution is -0.139. The normalized spacial score (nSPS) is 25.8. The molecule has 1 N–H and O–H groups in total. The Bertz CT molecular complexity index is 300. The van der Waals surface area contributed by atoms with Crippen LogP contribution in [0.25, 0.3) is 0 Å². The third-order valence-corrected chi connectivity index (χ3v) is 2.89. The number of carboxylic acids is 1. The Morgan fingerprint density at radius 1 is 1.64 bits per heavy atom. The molecule has 1 unspecified atom stereocenters. The van der Waals surface area contributed by atoms with Crippen molar-refractivity contribution in [3.05, 3.63) is 11.6 Å². The summed E-state index contributed by atoms with van der Waals surface area (Å²) in [4.78, 5) is 22.0. The topological polar surface area (TPSA) is 54.4 Å². The maximum atomic E-state index is 11.3. The zero-order chi connectivity index (χ0) is 10.9. The number of carbonyl (C=O) groups is 2. The fourth-order valence-corrected chi connectivity index (χ4v) is 2.21. The molecule has 1 aliphatic carbocycles. The summed E-state index contributed by atoms with van der Waals surface area (Å²) < 4.78 is 0. The summed E-state index contributed by atoms with van der Waals surface area (Å²) in [6, 6.07) is 0. The first kappa shape index (κ1) is 11.0. The van der Waals surface area contributed by atoms with Gasteiger partial charge in [-0.2, -0.15) is 0 Å². The lowest BCUT2D eigenvalue weighted by Gasteiger charge is -2.36. The Kier molecular flexibility index (Phi) is 2.79. The summed E-state index contributed by atoms with van der Waals surface area (Å²) in [6.07, 6.45) is 2.14. The number of carboxylic acid groups (broad SMARTS) is 1. The Morgan fingerprint density at radius 3 is 2.64 bits per heavy atom. The first-order chi connectivity index (χ1) is 6.33. The highest BCUT2D eigenvalue weighted by atomic mass is 16.4. The highest BCUT2D eigenvalue weighted by Gasteiger charge is 2.37. The smallest absolute Gasteiger partial charge is 0.303 e. The van der Waals surface area contributed by atoms with Crippen LogP contribution in [-0.4, -0.2) is 16.9 Å². The molecular weight excluding hydrogens is 180 g/mol. The molecule has 0 aromatic rings. The van der Waals surface area contributed by atoms with Crippen molar-refractivity contribution in [1.29, 1.82) is 0 Å². The maximum Gasteiger partial charge on any atom is 0.303 e. The van der Waals surface area contributed by atoms with Crippen LogP contribution in [0.5, 0.6) is 0 Å². The number of ketones is 1. The van der Waals surface area contributed by atoms with Crippen molar-refractivity contribution in [2.75, 3.05) is 0 Å². The predicted molar refractivity (Wildman–Crippen MR) is 52.9 cm³/mol. The van der Waals surface area contributed by atoms with Crippen molar-refractivity contribution < 1.29 is 14.7 Å².